The van der Waals surface area contributed by atoms with Crippen molar-refractivity contribution in [3.05, 3.63) is 22.4 Å². The fourth-order valence-electron chi connectivity index (χ4n) is 1.14. The van der Waals surface area contributed by atoms with Crippen molar-refractivity contribution in [2.45, 2.75) is 13.8 Å². The topological polar surface area (TPSA) is 46.5 Å². The van der Waals surface area contributed by atoms with Crippen molar-refractivity contribution in [1.29, 1.82) is 0 Å². The molecule has 0 aliphatic carbocycles. The average molecular weight is 203 g/mol. The molecule has 13 heavy (non-hydrogen) atoms. The Bertz CT molecular complexity index is 291. The van der Waals surface area contributed by atoms with Gasteiger partial charge in [-0.1, -0.05) is 11.6 Å². The third-order valence-electron chi connectivity index (χ3n) is 2.12. The molecule has 3 nitrogen and oxygen atoms in total. The predicted octanol–water partition coefficient (Wildman–Crippen LogP) is 2.13. The monoisotopic (exact) mass is 202 g/mol. The van der Waals surface area contributed by atoms with Gasteiger partial charge < -0.3 is 9.84 Å². The van der Waals surface area contributed by atoms with E-state index in [0.717, 1.165) is 5.57 Å². The second kappa shape index (κ2) is 3.83. The number of rotatable bonds is 1. The molecule has 0 amide bonds. The Kier molecular flexibility index (Phi) is 2.98. The van der Waals surface area contributed by atoms with Gasteiger partial charge in [-0.2, -0.15) is 0 Å². The first kappa shape index (κ1) is 10.1. The highest BCUT2D eigenvalue weighted by atomic mass is 35.5. The van der Waals surface area contributed by atoms with Crippen LogP contribution in [0.2, 0.25) is 0 Å². The number of esters is 1. The molecule has 0 bridgehead atoms. The molecule has 0 aromatic heterocycles. The van der Waals surface area contributed by atoms with Gasteiger partial charge >= 0.3 is 5.97 Å². The number of hydrogen-bond acceptors (Lipinski definition) is 3. The summed E-state index contributed by atoms with van der Waals surface area (Å²) in [5.74, 6) is -0.683. The largest absolute Gasteiger partial charge is 0.511 e. The Hall–Kier alpha value is -0.960. The third-order valence-corrected chi connectivity index (χ3v) is 2.47. The molecule has 4 heteroatoms. The van der Waals surface area contributed by atoms with Crippen LogP contribution in [0.3, 0.4) is 0 Å². The summed E-state index contributed by atoms with van der Waals surface area (Å²) in [4.78, 5) is 11.0. The first-order valence-electron chi connectivity index (χ1n) is 3.91. The van der Waals surface area contributed by atoms with Crippen molar-refractivity contribution in [2.75, 3.05) is 6.61 Å². The van der Waals surface area contributed by atoms with Crippen LogP contribution < -0.4 is 0 Å². The van der Waals surface area contributed by atoms with Crippen molar-refractivity contribution < 1.29 is 14.6 Å². The average Bonchev–Trinajstić information content (AvgIpc) is 2.13. The minimum absolute atomic E-state index is 0.0608. The fraction of sp³-hybridized carbons (Fsp3) is 0.444. The van der Waals surface area contributed by atoms with Crippen LogP contribution in [0.5, 0.6) is 0 Å². The van der Waals surface area contributed by atoms with E-state index in [4.69, 9.17) is 16.3 Å². The third kappa shape index (κ3) is 1.86. The van der Waals surface area contributed by atoms with Crippen molar-refractivity contribution >= 4 is 17.6 Å². The lowest BCUT2D eigenvalue weighted by molar-refractivity contribution is -0.141. The Morgan fingerprint density at radius 1 is 1.77 bits per heavy atom. The molecule has 0 saturated heterocycles. The number of carbonyl (C=O) groups excluding carboxylic acids is 1. The molecular formula is C9H11ClO3. The van der Waals surface area contributed by atoms with Crippen LogP contribution in [-0.4, -0.2) is 17.7 Å². The van der Waals surface area contributed by atoms with Crippen LogP contribution in [0.15, 0.2) is 22.4 Å². The molecular weight excluding hydrogens is 192 g/mol. The van der Waals surface area contributed by atoms with E-state index >= 15 is 0 Å². The number of ether oxygens (including phenoxy) is 1. The zero-order chi connectivity index (χ0) is 10.0. The first-order valence-corrected chi connectivity index (χ1v) is 4.35. The normalized spacial score (nSPS) is 24.7. The highest BCUT2D eigenvalue weighted by Gasteiger charge is 2.28. The van der Waals surface area contributed by atoms with Gasteiger partial charge in [-0.25, -0.2) is 4.79 Å². The Labute approximate surface area is 81.6 Å². The molecule has 0 aromatic rings. The molecule has 0 fully saturated rings. The molecule has 1 N–H and O–H groups in total. The van der Waals surface area contributed by atoms with E-state index in [1.54, 1.807) is 6.92 Å². The highest BCUT2D eigenvalue weighted by molar-refractivity contribution is 6.25. The fourth-order valence-corrected chi connectivity index (χ4v) is 1.29. The molecule has 0 spiro atoms. The molecule has 1 heterocycles. The number of halogens is 1. The maximum absolute atomic E-state index is 11.0. The van der Waals surface area contributed by atoms with Crippen LogP contribution in [0, 0.1) is 5.92 Å². The molecule has 0 aromatic carbocycles. The molecule has 72 valence electrons. The highest BCUT2D eigenvalue weighted by Crippen LogP contribution is 2.26. The van der Waals surface area contributed by atoms with Crippen molar-refractivity contribution in [3.8, 4) is 0 Å². The molecule has 1 unspecified atom stereocenters. The molecule has 0 radical (unpaired) electrons. The van der Waals surface area contributed by atoms with Crippen LogP contribution in [0.4, 0.5) is 0 Å². The summed E-state index contributed by atoms with van der Waals surface area (Å²) < 4.78 is 4.84. The van der Waals surface area contributed by atoms with E-state index in [1.807, 2.05) is 0 Å². The van der Waals surface area contributed by atoms with E-state index in [9.17, 15) is 9.90 Å². The van der Waals surface area contributed by atoms with Gasteiger partial charge in [-0.05, 0) is 19.4 Å². The van der Waals surface area contributed by atoms with Gasteiger partial charge in [0.15, 0.2) is 0 Å². The number of carbonyl (C=O) groups is 1. The smallest absolute Gasteiger partial charge is 0.337 e. The summed E-state index contributed by atoms with van der Waals surface area (Å²) in [5, 5.41) is 9.59. The second-order valence-corrected chi connectivity index (χ2v) is 3.23. The van der Waals surface area contributed by atoms with Gasteiger partial charge in [0.2, 0.25) is 0 Å². The minimum Gasteiger partial charge on any atom is -0.511 e. The van der Waals surface area contributed by atoms with Crippen molar-refractivity contribution in [3.63, 3.8) is 0 Å². The zero-order valence-corrected chi connectivity index (χ0v) is 8.26. The lowest BCUT2D eigenvalue weighted by Crippen LogP contribution is -2.25. The van der Waals surface area contributed by atoms with E-state index < -0.39 is 5.97 Å². The lowest BCUT2D eigenvalue weighted by atomic mass is 9.96. The summed E-state index contributed by atoms with van der Waals surface area (Å²) in [7, 11) is 0. The summed E-state index contributed by atoms with van der Waals surface area (Å²) in [6, 6.07) is 0. The van der Waals surface area contributed by atoms with Crippen molar-refractivity contribution in [2.24, 2.45) is 5.92 Å². The van der Waals surface area contributed by atoms with Gasteiger partial charge in [-0.15, -0.1) is 0 Å². The number of aliphatic hydroxyl groups is 1. The van der Waals surface area contributed by atoms with Crippen LogP contribution in [0.1, 0.15) is 13.8 Å². The van der Waals surface area contributed by atoms with Gasteiger partial charge in [0.25, 0.3) is 0 Å². The number of aliphatic hydroxyl groups excluding tert-OH is 1. The Morgan fingerprint density at radius 2 is 2.38 bits per heavy atom. The Balaban J connectivity index is 2.99. The van der Waals surface area contributed by atoms with Crippen LogP contribution in [-0.2, 0) is 9.53 Å². The lowest BCUT2D eigenvalue weighted by Gasteiger charge is -2.23. The molecule has 1 aliphatic rings. The predicted molar refractivity (Wildman–Crippen MR) is 49.4 cm³/mol. The van der Waals surface area contributed by atoms with Gasteiger partial charge in [0.05, 0.1) is 11.5 Å². The van der Waals surface area contributed by atoms with E-state index in [2.05, 4.69) is 0 Å². The number of cyclic esters (lactones) is 1. The maximum Gasteiger partial charge on any atom is 0.337 e. The summed E-state index contributed by atoms with van der Waals surface area (Å²) in [6.07, 6.45) is 0. The summed E-state index contributed by atoms with van der Waals surface area (Å²) in [5.41, 5.74) is 2.42. The first-order chi connectivity index (χ1) is 6.07. The standard InChI is InChI=1S/C9H11ClO3/c1-5(3-10)7-4-13-9(12)6(2)8(7)11/h3,7,11H,4H2,1-2H3. The van der Waals surface area contributed by atoms with Gasteiger partial charge in [0.1, 0.15) is 12.4 Å². The van der Waals surface area contributed by atoms with E-state index in [0.29, 0.717) is 0 Å². The van der Waals surface area contributed by atoms with E-state index in [-0.39, 0.29) is 23.9 Å². The van der Waals surface area contributed by atoms with Crippen molar-refractivity contribution in [1.82, 2.24) is 0 Å². The van der Waals surface area contributed by atoms with Crippen LogP contribution in [0.25, 0.3) is 0 Å². The quantitative estimate of drug-likeness (QED) is 0.663. The Morgan fingerprint density at radius 3 is 2.92 bits per heavy atom. The molecule has 1 rings (SSSR count). The van der Waals surface area contributed by atoms with Gasteiger partial charge in [0, 0.05) is 5.54 Å². The number of hydrogen-bond donors (Lipinski definition) is 1. The van der Waals surface area contributed by atoms with Crippen LogP contribution >= 0.6 is 11.6 Å². The summed E-state index contributed by atoms with van der Waals surface area (Å²) in [6.45, 7) is 3.47. The molecule has 1 atom stereocenters. The molecule has 1 aliphatic heterocycles. The zero-order valence-electron chi connectivity index (χ0n) is 7.50. The minimum atomic E-state index is -0.462. The SMILES string of the molecule is CC(=CCl)C1COC(=O)C(C)=C1O. The molecule has 0 saturated carbocycles. The van der Waals surface area contributed by atoms with E-state index in [1.165, 1.54) is 12.5 Å². The van der Waals surface area contributed by atoms with Gasteiger partial charge in [-0.3, -0.25) is 0 Å². The maximum atomic E-state index is 11.0. The second-order valence-electron chi connectivity index (χ2n) is 3.01. The summed E-state index contributed by atoms with van der Waals surface area (Å²) >= 11 is 5.50.